The van der Waals surface area contributed by atoms with Crippen LogP contribution in [-0.4, -0.2) is 36.3 Å². The highest BCUT2D eigenvalue weighted by Crippen LogP contribution is 2.33. The van der Waals surface area contributed by atoms with Gasteiger partial charge in [0.2, 0.25) is 11.8 Å². The number of likely N-dealkylation sites (tertiary alicyclic amines) is 1. The van der Waals surface area contributed by atoms with Gasteiger partial charge in [0.05, 0.1) is 5.92 Å². The summed E-state index contributed by atoms with van der Waals surface area (Å²) in [4.78, 5) is 26.4. The Balaban J connectivity index is 2.14. The molecule has 0 bridgehead atoms. The molecule has 4 nitrogen and oxygen atoms in total. The highest BCUT2D eigenvalue weighted by molar-refractivity contribution is 5.83. The van der Waals surface area contributed by atoms with Crippen LogP contribution in [0.25, 0.3) is 0 Å². The number of carbonyl (C=O) groups excluding carboxylic acids is 2. The Morgan fingerprint density at radius 2 is 2.08 bits per heavy atom. The largest absolute Gasteiger partial charge is 0.356 e. The maximum absolute atomic E-state index is 13.6. The van der Waals surface area contributed by atoms with E-state index in [9.17, 15) is 14.0 Å². The molecule has 1 heterocycles. The van der Waals surface area contributed by atoms with E-state index in [1.165, 1.54) is 12.1 Å². The van der Waals surface area contributed by atoms with Gasteiger partial charge in [0.25, 0.3) is 0 Å². The summed E-state index contributed by atoms with van der Waals surface area (Å²) in [5, 5.41) is 2.98. The summed E-state index contributed by atoms with van der Waals surface area (Å²) in [6.07, 6.45) is 1.33. The molecule has 1 saturated heterocycles. The molecule has 2 amide bonds. The van der Waals surface area contributed by atoms with Crippen LogP contribution in [0.5, 0.6) is 0 Å². The standard InChI is InChI=1S/C19H27FN2O2/c1-4-18(23)22-11-16(14-6-5-7-15(20)10-14)17(12-22)19(24)21-9-8-13(2)3/h5-7,10,13,16-17H,4,8-9,11-12H2,1-3H3,(H,21,24)/t16-,17-/m1/s1. The molecule has 2 rings (SSSR count). The summed E-state index contributed by atoms with van der Waals surface area (Å²) in [6, 6.07) is 6.36. The van der Waals surface area contributed by atoms with Crippen LogP contribution < -0.4 is 5.32 Å². The molecular formula is C19H27FN2O2. The minimum absolute atomic E-state index is 0.0360. The first kappa shape index (κ1) is 18.4. The molecule has 0 aromatic heterocycles. The maximum Gasteiger partial charge on any atom is 0.225 e. The van der Waals surface area contributed by atoms with Crippen LogP contribution >= 0.6 is 0 Å². The Bertz CT molecular complexity index is 588. The van der Waals surface area contributed by atoms with Crippen LogP contribution in [0.2, 0.25) is 0 Å². The maximum atomic E-state index is 13.6. The van der Waals surface area contributed by atoms with Gasteiger partial charge in [-0.3, -0.25) is 9.59 Å². The number of nitrogens with zero attached hydrogens (tertiary/aromatic N) is 1. The lowest BCUT2D eigenvalue weighted by molar-refractivity contribution is -0.130. The van der Waals surface area contributed by atoms with Crippen molar-refractivity contribution in [1.82, 2.24) is 10.2 Å². The van der Waals surface area contributed by atoms with E-state index >= 15 is 0 Å². The number of rotatable bonds is 6. The second-order valence-electron chi connectivity index (χ2n) is 6.89. The Kier molecular flexibility index (Phi) is 6.35. The number of carbonyl (C=O) groups is 2. The molecule has 0 aliphatic carbocycles. The highest BCUT2D eigenvalue weighted by atomic mass is 19.1. The molecule has 1 aromatic carbocycles. The quantitative estimate of drug-likeness (QED) is 0.869. The molecule has 1 aliphatic heterocycles. The van der Waals surface area contributed by atoms with Crippen LogP contribution in [0, 0.1) is 17.7 Å². The summed E-state index contributed by atoms with van der Waals surface area (Å²) >= 11 is 0. The summed E-state index contributed by atoms with van der Waals surface area (Å²) in [5.41, 5.74) is 0.783. The molecule has 2 atom stereocenters. The monoisotopic (exact) mass is 334 g/mol. The normalized spacial score (nSPS) is 20.5. The van der Waals surface area contributed by atoms with Gasteiger partial charge in [-0.25, -0.2) is 4.39 Å². The second kappa shape index (κ2) is 8.27. The Morgan fingerprint density at radius 1 is 1.33 bits per heavy atom. The first-order chi connectivity index (χ1) is 11.4. The molecule has 1 N–H and O–H groups in total. The zero-order chi connectivity index (χ0) is 17.7. The molecule has 1 fully saturated rings. The molecule has 132 valence electrons. The van der Waals surface area contributed by atoms with Crippen molar-refractivity contribution in [3.8, 4) is 0 Å². The van der Waals surface area contributed by atoms with Crippen molar-refractivity contribution in [2.24, 2.45) is 11.8 Å². The van der Waals surface area contributed by atoms with Crippen LogP contribution in [-0.2, 0) is 9.59 Å². The Morgan fingerprint density at radius 3 is 2.71 bits per heavy atom. The average Bonchev–Trinajstić information content (AvgIpc) is 2.99. The van der Waals surface area contributed by atoms with Crippen molar-refractivity contribution < 1.29 is 14.0 Å². The van der Waals surface area contributed by atoms with Crippen LogP contribution in [0.1, 0.15) is 45.1 Å². The number of nitrogens with one attached hydrogen (secondary N) is 1. The van der Waals surface area contributed by atoms with Crippen LogP contribution in [0.15, 0.2) is 24.3 Å². The summed E-state index contributed by atoms with van der Waals surface area (Å²) in [6.45, 7) is 7.54. The van der Waals surface area contributed by atoms with Crippen molar-refractivity contribution in [2.75, 3.05) is 19.6 Å². The van der Waals surface area contributed by atoms with E-state index < -0.39 is 0 Å². The molecule has 1 aromatic rings. The highest BCUT2D eigenvalue weighted by Gasteiger charge is 2.39. The van der Waals surface area contributed by atoms with Gasteiger partial charge >= 0.3 is 0 Å². The van der Waals surface area contributed by atoms with Gasteiger partial charge in [0, 0.05) is 32.0 Å². The topological polar surface area (TPSA) is 49.4 Å². The first-order valence-electron chi connectivity index (χ1n) is 8.73. The molecule has 0 saturated carbocycles. The SMILES string of the molecule is CCC(=O)N1C[C@H](c2cccc(F)c2)[C@H](C(=O)NCCC(C)C)C1. The fourth-order valence-corrected chi connectivity index (χ4v) is 3.19. The minimum Gasteiger partial charge on any atom is -0.356 e. The third kappa shape index (κ3) is 4.56. The van der Waals surface area contributed by atoms with Crippen molar-refractivity contribution in [2.45, 2.75) is 39.5 Å². The smallest absolute Gasteiger partial charge is 0.225 e. The first-order valence-corrected chi connectivity index (χ1v) is 8.73. The van der Waals surface area contributed by atoms with Gasteiger partial charge in [-0.05, 0) is 30.0 Å². The lowest BCUT2D eigenvalue weighted by Crippen LogP contribution is -2.36. The molecule has 1 aliphatic rings. The number of halogens is 1. The van der Waals surface area contributed by atoms with Gasteiger partial charge in [0.15, 0.2) is 0 Å². The Labute approximate surface area is 143 Å². The molecule has 24 heavy (non-hydrogen) atoms. The van der Waals surface area contributed by atoms with Gasteiger partial charge in [-0.2, -0.15) is 0 Å². The van der Waals surface area contributed by atoms with Gasteiger partial charge in [-0.15, -0.1) is 0 Å². The third-order valence-corrected chi connectivity index (χ3v) is 4.61. The predicted molar refractivity (Wildman–Crippen MR) is 92.0 cm³/mol. The number of hydrogen-bond acceptors (Lipinski definition) is 2. The van der Waals surface area contributed by atoms with E-state index in [1.807, 2.05) is 13.0 Å². The lowest BCUT2D eigenvalue weighted by Gasteiger charge is -2.18. The van der Waals surface area contributed by atoms with Crippen LogP contribution in [0.4, 0.5) is 4.39 Å². The number of benzene rings is 1. The van der Waals surface area contributed by atoms with E-state index in [0.29, 0.717) is 32.0 Å². The molecule has 5 heteroatoms. The van der Waals surface area contributed by atoms with Crippen molar-refractivity contribution >= 4 is 11.8 Å². The molecule has 0 unspecified atom stereocenters. The zero-order valence-corrected chi connectivity index (χ0v) is 14.7. The second-order valence-corrected chi connectivity index (χ2v) is 6.89. The van der Waals surface area contributed by atoms with E-state index in [4.69, 9.17) is 0 Å². The lowest BCUT2D eigenvalue weighted by atomic mass is 9.88. The van der Waals surface area contributed by atoms with Crippen molar-refractivity contribution in [3.05, 3.63) is 35.6 Å². The van der Waals surface area contributed by atoms with E-state index in [1.54, 1.807) is 11.0 Å². The molecule has 0 spiro atoms. The molecule has 0 radical (unpaired) electrons. The zero-order valence-electron chi connectivity index (χ0n) is 14.7. The predicted octanol–water partition coefficient (Wildman–Crippen LogP) is 2.94. The van der Waals surface area contributed by atoms with Crippen molar-refractivity contribution in [3.63, 3.8) is 0 Å². The van der Waals surface area contributed by atoms with Gasteiger partial charge < -0.3 is 10.2 Å². The summed E-state index contributed by atoms with van der Waals surface area (Å²) in [5.74, 6) is -0.285. The van der Waals surface area contributed by atoms with Gasteiger partial charge in [0.1, 0.15) is 5.82 Å². The fourth-order valence-electron chi connectivity index (χ4n) is 3.19. The Hall–Kier alpha value is -1.91. The van der Waals surface area contributed by atoms with Crippen molar-refractivity contribution in [1.29, 1.82) is 0 Å². The fraction of sp³-hybridized carbons (Fsp3) is 0.579. The van der Waals surface area contributed by atoms with E-state index in [0.717, 1.165) is 12.0 Å². The van der Waals surface area contributed by atoms with E-state index in [-0.39, 0.29) is 29.5 Å². The van der Waals surface area contributed by atoms with E-state index in [2.05, 4.69) is 19.2 Å². The van der Waals surface area contributed by atoms with Gasteiger partial charge in [-0.1, -0.05) is 32.9 Å². The number of amides is 2. The summed E-state index contributed by atoms with van der Waals surface area (Å²) < 4.78 is 13.6. The number of hydrogen-bond donors (Lipinski definition) is 1. The summed E-state index contributed by atoms with van der Waals surface area (Å²) in [7, 11) is 0. The third-order valence-electron chi connectivity index (χ3n) is 4.61. The minimum atomic E-state index is -0.325. The molecular weight excluding hydrogens is 307 g/mol. The van der Waals surface area contributed by atoms with Crippen LogP contribution in [0.3, 0.4) is 0 Å². The average molecular weight is 334 g/mol.